The molecule has 176 valence electrons. The Morgan fingerprint density at radius 2 is 1.69 bits per heavy atom. The zero-order valence-corrected chi connectivity index (χ0v) is 19.3. The molecule has 3 rings (SSSR count). The lowest BCUT2D eigenvalue weighted by atomic mass is 9.90. The number of rotatable bonds is 11. The fraction of sp³-hybridized carbons (Fsp3) is 0.556. The van der Waals surface area contributed by atoms with Crippen LogP contribution in [0.2, 0.25) is 0 Å². The van der Waals surface area contributed by atoms with E-state index in [0.29, 0.717) is 30.3 Å². The number of hydrogen-bond acceptors (Lipinski definition) is 2. The molecule has 0 N–H and O–H groups in total. The van der Waals surface area contributed by atoms with E-state index in [1.54, 1.807) is 12.1 Å². The van der Waals surface area contributed by atoms with Gasteiger partial charge in [-0.25, -0.2) is 8.78 Å². The molecule has 1 heterocycles. The zero-order valence-electron chi connectivity index (χ0n) is 19.3. The van der Waals surface area contributed by atoms with Gasteiger partial charge in [0.2, 0.25) is 5.82 Å². The van der Waals surface area contributed by atoms with Crippen LogP contribution in [0.4, 0.5) is 13.2 Å². The van der Waals surface area contributed by atoms with Gasteiger partial charge in [0, 0.05) is 11.1 Å². The smallest absolute Gasteiger partial charge is 0.201 e. The lowest BCUT2D eigenvalue weighted by molar-refractivity contribution is -0.0215. The predicted octanol–water partition coefficient (Wildman–Crippen LogP) is 8.39. The van der Waals surface area contributed by atoms with Crippen molar-refractivity contribution in [2.24, 2.45) is 5.92 Å². The van der Waals surface area contributed by atoms with Gasteiger partial charge in [-0.2, -0.15) is 4.39 Å². The molecule has 5 heteroatoms. The molecule has 2 aromatic carbocycles. The van der Waals surface area contributed by atoms with Crippen LogP contribution in [0.25, 0.3) is 11.1 Å². The van der Waals surface area contributed by atoms with E-state index >= 15 is 0 Å². The summed E-state index contributed by atoms with van der Waals surface area (Å²) in [6.07, 6.45) is 9.10. The van der Waals surface area contributed by atoms with Crippen LogP contribution in [0.3, 0.4) is 0 Å². The van der Waals surface area contributed by atoms with Crippen LogP contribution in [0.15, 0.2) is 30.3 Å². The summed E-state index contributed by atoms with van der Waals surface area (Å²) in [5, 5.41) is 0. The SMILES string of the molecule is CCCCCOc1ccc(-c2ccc(C3CCC(CCCCC)CO3)c(F)c2)c(F)c1F. The average molecular weight is 449 g/mol. The van der Waals surface area contributed by atoms with Gasteiger partial charge in [0.25, 0.3) is 0 Å². The Hall–Kier alpha value is -2.01. The average Bonchev–Trinajstić information content (AvgIpc) is 2.80. The van der Waals surface area contributed by atoms with Crippen molar-refractivity contribution in [3.63, 3.8) is 0 Å². The van der Waals surface area contributed by atoms with Gasteiger partial charge in [0.15, 0.2) is 11.6 Å². The van der Waals surface area contributed by atoms with Crippen LogP contribution < -0.4 is 4.74 Å². The quantitative estimate of drug-likeness (QED) is 0.321. The number of benzene rings is 2. The molecule has 0 aromatic heterocycles. The van der Waals surface area contributed by atoms with Crippen molar-refractivity contribution in [1.29, 1.82) is 0 Å². The maximum atomic E-state index is 14.9. The van der Waals surface area contributed by atoms with E-state index in [4.69, 9.17) is 9.47 Å². The van der Waals surface area contributed by atoms with Gasteiger partial charge in [0.05, 0.1) is 19.3 Å². The van der Waals surface area contributed by atoms with Crippen molar-refractivity contribution in [3.05, 3.63) is 53.3 Å². The Morgan fingerprint density at radius 1 is 0.906 bits per heavy atom. The van der Waals surface area contributed by atoms with Gasteiger partial charge in [-0.05, 0) is 55.4 Å². The standard InChI is InChI=1S/C27H35F3O2/c1-3-5-7-9-19-10-14-24(32-18-19)22-12-11-20(17-23(22)28)21-13-15-25(27(30)26(21)29)31-16-8-6-4-2/h11-13,15,17,19,24H,3-10,14,16,18H2,1-2H3. The molecule has 32 heavy (non-hydrogen) atoms. The van der Waals surface area contributed by atoms with Gasteiger partial charge in [0.1, 0.15) is 5.82 Å². The highest BCUT2D eigenvalue weighted by molar-refractivity contribution is 5.66. The predicted molar refractivity (Wildman–Crippen MR) is 122 cm³/mol. The largest absolute Gasteiger partial charge is 0.490 e. The van der Waals surface area contributed by atoms with Gasteiger partial charge in [-0.3, -0.25) is 0 Å². The number of hydrogen-bond donors (Lipinski definition) is 0. The lowest BCUT2D eigenvalue weighted by Gasteiger charge is -2.29. The van der Waals surface area contributed by atoms with Crippen LogP contribution in [-0.4, -0.2) is 13.2 Å². The Bertz CT molecular complexity index is 860. The molecule has 1 fully saturated rings. The van der Waals surface area contributed by atoms with Crippen LogP contribution in [0.5, 0.6) is 5.75 Å². The second-order valence-electron chi connectivity index (χ2n) is 8.79. The van der Waals surface area contributed by atoms with Crippen molar-refractivity contribution in [1.82, 2.24) is 0 Å². The van der Waals surface area contributed by atoms with Gasteiger partial charge in [-0.15, -0.1) is 0 Å². The molecule has 1 saturated heterocycles. The maximum absolute atomic E-state index is 14.9. The second-order valence-corrected chi connectivity index (χ2v) is 8.79. The Morgan fingerprint density at radius 3 is 2.38 bits per heavy atom. The van der Waals surface area contributed by atoms with Crippen LogP contribution in [-0.2, 0) is 4.74 Å². The summed E-state index contributed by atoms with van der Waals surface area (Å²) in [4.78, 5) is 0. The summed E-state index contributed by atoms with van der Waals surface area (Å²) in [6.45, 7) is 5.24. The molecule has 2 nitrogen and oxygen atoms in total. The first-order chi connectivity index (χ1) is 15.5. The fourth-order valence-corrected chi connectivity index (χ4v) is 4.32. The summed E-state index contributed by atoms with van der Waals surface area (Å²) in [5.41, 5.74) is 0.806. The Kier molecular flexibility index (Phi) is 9.46. The maximum Gasteiger partial charge on any atom is 0.201 e. The summed E-state index contributed by atoms with van der Waals surface area (Å²) in [5.74, 6) is -2.07. The molecule has 0 saturated carbocycles. The molecular weight excluding hydrogens is 413 g/mol. The van der Waals surface area contributed by atoms with Crippen LogP contribution >= 0.6 is 0 Å². The van der Waals surface area contributed by atoms with Crippen molar-refractivity contribution in [2.45, 2.75) is 77.7 Å². The molecule has 0 radical (unpaired) electrons. The van der Waals surface area contributed by atoms with Gasteiger partial charge < -0.3 is 9.47 Å². The van der Waals surface area contributed by atoms with E-state index in [1.165, 1.54) is 37.5 Å². The van der Waals surface area contributed by atoms with E-state index < -0.39 is 17.5 Å². The van der Waals surface area contributed by atoms with E-state index in [0.717, 1.165) is 38.5 Å². The minimum absolute atomic E-state index is 0.0226. The van der Waals surface area contributed by atoms with Gasteiger partial charge >= 0.3 is 0 Å². The minimum Gasteiger partial charge on any atom is -0.490 e. The molecule has 2 atom stereocenters. The molecule has 0 aliphatic carbocycles. The number of halogens is 3. The van der Waals surface area contributed by atoms with Crippen molar-refractivity contribution >= 4 is 0 Å². The van der Waals surface area contributed by atoms with E-state index in [1.807, 2.05) is 0 Å². The first-order valence-electron chi connectivity index (χ1n) is 12.1. The molecular formula is C27H35F3O2. The molecule has 1 aliphatic heterocycles. The summed E-state index contributed by atoms with van der Waals surface area (Å²) in [7, 11) is 0. The normalized spacial score (nSPS) is 18.7. The van der Waals surface area contributed by atoms with Crippen LogP contribution in [0, 0.1) is 23.4 Å². The Labute approximate surface area is 190 Å². The topological polar surface area (TPSA) is 18.5 Å². The van der Waals surface area contributed by atoms with Gasteiger partial charge in [-0.1, -0.05) is 58.1 Å². The minimum atomic E-state index is -1.03. The highest BCUT2D eigenvalue weighted by Crippen LogP contribution is 2.36. The van der Waals surface area contributed by atoms with Crippen molar-refractivity contribution in [3.8, 4) is 16.9 Å². The Balaban J connectivity index is 1.66. The summed E-state index contributed by atoms with van der Waals surface area (Å²) >= 11 is 0. The molecule has 0 amide bonds. The number of ether oxygens (including phenoxy) is 2. The summed E-state index contributed by atoms with van der Waals surface area (Å²) < 4.78 is 55.4. The van der Waals surface area contributed by atoms with Crippen molar-refractivity contribution in [2.75, 3.05) is 13.2 Å². The molecule has 1 aliphatic rings. The molecule has 0 bridgehead atoms. The highest BCUT2D eigenvalue weighted by atomic mass is 19.2. The van der Waals surface area contributed by atoms with Crippen LogP contribution in [0.1, 0.15) is 83.3 Å². The number of unbranched alkanes of at least 4 members (excludes halogenated alkanes) is 4. The highest BCUT2D eigenvalue weighted by Gasteiger charge is 2.25. The fourth-order valence-electron chi connectivity index (χ4n) is 4.32. The zero-order chi connectivity index (χ0) is 22.9. The van der Waals surface area contributed by atoms with E-state index in [-0.39, 0.29) is 17.4 Å². The van der Waals surface area contributed by atoms with E-state index in [9.17, 15) is 13.2 Å². The third-order valence-electron chi connectivity index (χ3n) is 6.30. The van der Waals surface area contributed by atoms with Crippen molar-refractivity contribution < 1.29 is 22.6 Å². The lowest BCUT2D eigenvalue weighted by Crippen LogP contribution is -2.21. The summed E-state index contributed by atoms with van der Waals surface area (Å²) in [6, 6.07) is 7.40. The third kappa shape index (κ3) is 6.28. The monoisotopic (exact) mass is 448 g/mol. The first kappa shape index (κ1) is 24.6. The molecule has 2 aromatic rings. The second kappa shape index (κ2) is 12.3. The molecule has 0 spiro atoms. The molecule has 2 unspecified atom stereocenters. The first-order valence-corrected chi connectivity index (χ1v) is 12.1. The van der Waals surface area contributed by atoms with E-state index in [2.05, 4.69) is 13.8 Å². The third-order valence-corrected chi connectivity index (χ3v) is 6.30.